The lowest BCUT2D eigenvalue weighted by Crippen LogP contribution is -2.50. The van der Waals surface area contributed by atoms with Crippen molar-refractivity contribution in [2.75, 3.05) is 40.3 Å². The van der Waals surface area contributed by atoms with Gasteiger partial charge in [-0.05, 0) is 37.1 Å². The van der Waals surface area contributed by atoms with E-state index in [1.807, 2.05) is 37.9 Å². The topological polar surface area (TPSA) is 48.7 Å². The lowest BCUT2D eigenvalue weighted by molar-refractivity contribution is 0.188. The molecule has 160 valence electrons. The number of likely N-dealkylation sites (tertiary alicyclic amines) is 1. The van der Waals surface area contributed by atoms with Crippen LogP contribution in [0.15, 0.2) is 48.0 Å². The van der Waals surface area contributed by atoms with E-state index >= 15 is 0 Å². The van der Waals surface area contributed by atoms with E-state index in [1.165, 1.54) is 12.1 Å². The fraction of sp³-hybridized carbons (Fsp3) is 0.524. The van der Waals surface area contributed by atoms with E-state index in [4.69, 9.17) is 0 Å². The number of guanidine groups is 1. The second-order valence-corrected chi connectivity index (χ2v) is 7.63. The summed E-state index contributed by atoms with van der Waals surface area (Å²) >= 11 is 0. The van der Waals surface area contributed by atoms with Crippen LogP contribution in [0.5, 0.6) is 0 Å². The summed E-state index contributed by atoms with van der Waals surface area (Å²) < 4.78 is 15.2. The van der Waals surface area contributed by atoms with Gasteiger partial charge >= 0.3 is 0 Å². The van der Waals surface area contributed by atoms with Crippen LogP contribution in [-0.2, 0) is 6.54 Å². The predicted molar refractivity (Wildman–Crippen MR) is 126 cm³/mol. The highest BCUT2D eigenvalue weighted by Gasteiger charge is 2.28. The smallest absolute Gasteiger partial charge is 0.193 e. The van der Waals surface area contributed by atoms with Crippen LogP contribution in [0.3, 0.4) is 0 Å². The van der Waals surface area contributed by atoms with Crippen molar-refractivity contribution >= 4 is 29.9 Å². The monoisotopic (exact) mass is 514 g/mol. The number of benzene rings is 1. The molecule has 8 heteroatoms. The number of aliphatic imine (C=N–C) groups is 1. The lowest BCUT2D eigenvalue weighted by Gasteiger charge is -2.39. The van der Waals surface area contributed by atoms with Crippen molar-refractivity contribution in [3.63, 3.8) is 0 Å². The van der Waals surface area contributed by atoms with Crippen molar-refractivity contribution in [1.82, 2.24) is 24.7 Å². The van der Waals surface area contributed by atoms with E-state index < -0.39 is 0 Å². The average Bonchev–Trinajstić information content (AvgIpc) is 3.22. The van der Waals surface area contributed by atoms with E-state index in [0.717, 1.165) is 50.7 Å². The number of imidazole rings is 1. The molecule has 1 aliphatic rings. The molecular weight excluding hydrogens is 482 g/mol. The minimum Gasteiger partial charge on any atom is -0.355 e. The molecule has 6 nitrogen and oxygen atoms in total. The standard InChI is InChI=1S/C21H31FN6.HI/c1-17-8-11-27(15-20(17)28-13-9-24-16-28)21(23-2)25-10-12-26(3)14-18-4-6-19(22)7-5-18;/h4-7,9,13,16-17,20H,8,10-12,14-15H2,1-3H3,(H,23,25);1H. The second kappa shape index (κ2) is 11.5. The lowest BCUT2D eigenvalue weighted by atomic mass is 9.93. The molecule has 0 bridgehead atoms. The third kappa shape index (κ3) is 6.67. The summed E-state index contributed by atoms with van der Waals surface area (Å²) in [5, 5.41) is 3.49. The summed E-state index contributed by atoms with van der Waals surface area (Å²) in [6.07, 6.45) is 6.93. The van der Waals surface area contributed by atoms with Gasteiger partial charge in [0.2, 0.25) is 0 Å². The van der Waals surface area contributed by atoms with Gasteiger partial charge in [0.15, 0.2) is 5.96 Å². The number of hydrogen-bond donors (Lipinski definition) is 1. The molecule has 1 fully saturated rings. The Morgan fingerprint density at radius 2 is 2.10 bits per heavy atom. The van der Waals surface area contributed by atoms with Gasteiger partial charge in [0.25, 0.3) is 0 Å². The Morgan fingerprint density at radius 3 is 2.76 bits per heavy atom. The molecule has 0 aliphatic carbocycles. The molecule has 2 aromatic rings. The van der Waals surface area contributed by atoms with Gasteiger partial charge in [0, 0.05) is 52.2 Å². The van der Waals surface area contributed by atoms with Crippen LogP contribution in [0, 0.1) is 11.7 Å². The molecule has 0 amide bonds. The Morgan fingerprint density at radius 1 is 1.34 bits per heavy atom. The third-order valence-electron chi connectivity index (χ3n) is 5.48. The van der Waals surface area contributed by atoms with Crippen LogP contribution in [0.4, 0.5) is 4.39 Å². The molecule has 0 spiro atoms. The molecule has 29 heavy (non-hydrogen) atoms. The second-order valence-electron chi connectivity index (χ2n) is 7.63. The highest BCUT2D eigenvalue weighted by atomic mass is 127. The number of aromatic nitrogens is 2. The van der Waals surface area contributed by atoms with Crippen molar-refractivity contribution in [2.24, 2.45) is 10.9 Å². The summed E-state index contributed by atoms with van der Waals surface area (Å²) in [6.45, 7) is 6.74. The van der Waals surface area contributed by atoms with E-state index in [0.29, 0.717) is 12.0 Å². The van der Waals surface area contributed by atoms with Crippen LogP contribution in [0.2, 0.25) is 0 Å². The molecule has 1 aliphatic heterocycles. The Labute approximate surface area is 190 Å². The van der Waals surface area contributed by atoms with E-state index in [1.54, 1.807) is 0 Å². The van der Waals surface area contributed by atoms with Gasteiger partial charge in [-0.2, -0.15) is 0 Å². The van der Waals surface area contributed by atoms with Crippen molar-refractivity contribution in [1.29, 1.82) is 0 Å². The molecule has 2 atom stereocenters. The summed E-state index contributed by atoms with van der Waals surface area (Å²) in [6, 6.07) is 7.11. The largest absolute Gasteiger partial charge is 0.355 e. The van der Waals surface area contributed by atoms with Gasteiger partial charge < -0.3 is 19.7 Å². The summed E-state index contributed by atoms with van der Waals surface area (Å²) in [5.74, 6) is 1.37. The Balaban J connectivity index is 0.00000300. The van der Waals surface area contributed by atoms with E-state index in [2.05, 4.69) is 43.6 Å². The molecule has 3 rings (SSSR count). The number of likely N-dealkylation sites (N-methyl/N-ethyl adjacent to an activating group) is 1. The maximum Gasteiger partial charge on any atom is 0.193 e. The highest BCUT2D eigenvalue weighted by molar-refractivity contribution is 14.0. The minimum absolute atomic E-state index is 0. The molecule has 1 N–H and O–H groups in total. The average molecular weight is 514 g/mol. The van der Waals surface area contributed by atoms with Gasteiger partial charge in [-0.15, -0.1) is 24.0 Å². The number of piperidine rings is 1. The van der Waals surface area contributed by atoms with Crippen LogP contribution < -0.4 is 5.32 Å². The highest BCUT2D eigenvalue weighted by Crippen LogP contribution is 2.27. The zero-order chi connectivity index (χ0) is 19.9. The van der Waals surface area contributed by atoms with Crippen LogP contribution >= 0.6 is 24.0 Å². The molecule has 0 saturated carbocycles. The van der Waals surface area contributed by atoms with Crippen molar-refractivity contribution in [3.8, 4) is 0 Å². The third-order valence-corrected chi connectivity index (χ3v) is 5.48. The fourth-order valence-electron chi connectivity index (χ4n) is 3.77. The number of nitrogens with zero attached hydrogens (tertiary/aromatic N) is 5. The molecule has 2 unspecified atom stereocenters. The van der Waals surface area contributed by atoms with E-state index in [-0.39, 0.29) is 29.8 Å². The fourth-order valence-corrected chi connectivity index (χ4v) is 3.77. The summed E-state index contributed by atoms with van der Waals surface area (Å²) in [5.41, 5.74) is 1.11. The zero-order valence-corrected chi connectivity index (χ0v) is 19.8. The maximum atomic E-state index is 13.0. The molecule has 1 saturated heterocycles. The quantitative estimate of drug-likeness (QED) is 0.366. The van der Waals surface area contributed by atoms with Gasteiger partial charge in [-0.1, -0.05) is 19.1 Å². The first-order valence-corrected chi connectivity index (χ1v) is 9.93. The first-order valence-electron chi connectivity index (χ1n) is 9.93. The Hall–Kier alpha value is -1.68. The van der Waals surface area contributed by atoms with Crippen LogP contribution in [0.25, 0.3) is 0 Å². The van der Waals surface area contributed by atoms with Gasteiger partial charge in [0.05, 0.1) is 12.4 Å². The summed E-state index contributed by atoms with van der Waals surface area (Å²) in [7, 11) is 3.92. The Bertz CT molecular complexity index is 749. The number of hydrogen-bond acceptors (Lipinski definition) is 3. The number of halogens is 2. The van der Waals surface area contributed by atoms with Gasteiger partial charge in [-0.25, -0.2) is 9.37 Å². The predicted octanol–water partition coefficient (Wildman–Crippen LogP) is 3.23. The minimum atomic E-state index is -0.193. The van der Waals surface area contributed by atoms with Gasteiger partial charge in [0.1, 0.15) is 5.82 Å². The summed E-state index contributed by atoms with van der Waals surface area (Å²) in [4.78, 5) is 13.3. The molecule has 0 radical (unpaired) electrons. The molecule has 2 heterocycles. The van der Waals surface area contributed by atoms with Crippen LogP contribution in [-0.4, -0.2) is 65.6 Å². The molecule has 1 aromatic heterocycles. The van der Waals surface area contributed by atoms with Crippen molar-refractivity contribution < 1.29 is 4.39 Å². The number of nitrogens with one attached hydrogen (secondary N) is 1. The molecule has 1 aromatic carbocycles. The molecular formula is C21H32FIN6. The Kier molecular flexibility index (Phi) is 9.35. The van der Waals surface area contributed by atoms with Crippen molar-refractivity contribution in [2.45, 2.75) is 25.9 Å². The van der Waals surface area contributed by atoms with E-state index in [9.17, 15) is 4.39 Å². The maximum absolute atomic E-state index is 13.0. The van der Waals surface area contributed by atoms with Crippen LogP contribution in [0.1, 0.15) is 24.9 Å². The first kappa shape index (κ1) is 23.6. The first-order chi connectivity index (χ1) is 13.6. The van der Waals surface area contributed by atoms with Gasteiger partial charge in [-0.3, -0.25) is 4.99 Å². The number of rotatable bonds is 6. The SMILES string of the molecule is CN=C(NCCN(C)Cc1ccc(F)cc1)N1CCC(C)C(n2ccnc2)C1.I. The zero-order valence-electron chi connectivity index (χ0n) is 17.5. The van der Waals surface area contributed by atoms with Crippen molar-refractivity contribution in [3.05, 3.63) is 54.4 Å². The normalized spacial score (nSPS) is 19.9.